The van der Waals surface area contributed by atoms with Crippen molar-refractivity contribution < 1.29 is 8.95 Å². The van der Waals surface area contributed by atoms with Crippen molar-refractivity contribution in [3.63, 3.8) is 0 Å². The van der Waals surface area contributed by atoms with Crippen LogP contribution in [-0.4, -0.2) is 40.0 Å². The first kappa shape index (κ1) is 12.1. The van der Waals surface area contributed by atoms with E-state index in [-0.39, 0.29) is 5.60 Å². The van der Waals surface area contributed by atoms with Crippen molar-refractivity contribution in [2.45, 2.75) is 62.6 Å². The number of nitrogens with one attached hydrogen (secondary N) is 1. The number of ether oxygens (including phenoxy) is 1. The average Bonchev–Trinajstić information content (AvgIpc) is 2.31. The Kier molecular flexibility index (Phi) is 3.55. The fraction of sp³-hybridized carbons (Fsp3) is 1.00. The van der Waals surface area contributed by atoms with Crippen molar-refractivity contribution in [2.75, 3.05) is 18.1 Å². The van der Waals surface area contributed by atoms with Gasteiger partial charge in [0.25, 0.3) is 0 Å². The summed E-state index contributed by atoms with van der Waals surface area (Å²) in [6.07, 6.45) is 8.41. The summed E-state index contributed by atoms with van der Waals surface area (Å²) in [4.78, 5) is 0. The molecule has 3 rings (SSSR count). The molecule has 0 aromatic carbocycles. The average molecular weight is 257 g/mol. The summed E-state index contributed by atoms with van der Waals surface area (Å²) < 4.78 is 17.3. The zero-order chi connectivity index (χ0) is 11.7. The van der Waals surface area contributed by atoms with Crippen molar-refractivity contribution in [3.8, 4) is 0 Å². The summed E-state index contributed by atoms with van der Waals surface area (Å²) in [5, 5.41) is 3.79. The summed E-state index contributed by atoms with van der Waals surface area (Å²) >= 11 is 0. The molecule has 98 valence electrons. The molecule has 2 aliphatic heterocycles. The zero-order valence-corrected chi connectivity index (χ0v) is 11.3. The maximum atomic E-state index is 11.3. The van der Waals surface area contributed by atoms with E-state index in [1.807, 2.05) is 0 Å². The molecule has 1 N–H and O–H groups in total. The second-order valence-electron chi connectivity index (χ2n) is 5.86. The number of hydrogen-bond acceptors (Lipinski definition) is 3. The van der Waals surface area contributed by atoms with Gasteiger partial charge < -0.3 is 10.1 Å². The maximum absolute atomic E-state index is 11.3. The highest BCUT2D eigenvalue weighted by molar-refractivity contribution is 7.85. The minimum Gasteiger partial charge on any atom is -0.375 e. The van der Waals surface area contributed by atoms with Crippen LogP contribution in [0.1, 0.15) is 44.9 Å². The Balaban J connectivity index is 1.49. The van der Waals surface area contributed by atoms with Crippen LogP contribution in [-0.2, 0) is 15.5 Å². The Hall–Kier alpha value is 0.0700. The van der Waals surface area contributed by atoms with Gasteiger partial charge >= 0.3 is 0 Å². The summed E-state index contributed by atoms with van der Waals surface area (Å²) in [5.41, 5.74) is 0.243. The molecule has 0 bridgehead atoms. The topological polar surface area (TPSA) is 38.3 Å². The molecule has 3 aliphatic rings. The molecule has 1 aliphatic carbocycles. The van der Waals surface area contributed by atoms with Gasteiger partial charge in [-0.15, -0.1) is 0 Å². The van der Waals surface area contributed by atoms with Crippen LogP contribution in [0.4, 0.5) is 0 Å². The van der Waals surface area contributed by atoms with E-state index in [0.29, 0.717) is 12.1 Å². The Bertz CT molecular complexity index is 294. The molecule has 2 saturated heterocycles. The highest BCUT2D eigenvalue weighted by atomic mass is 32.2. The third kappa shape index (κ3) is 2.74. The van der Waals surface area contributed by atoms with Gasteiger partial charge in [0.05, 0.1) is 5.60 Å². The Morgan fingerprint density at radius 3 is 2.53 bits per heavy atom. The fourth-order valence-electron chi connectivity index (χ4n) is 3.38. The van der Waals surface area contributed by atoms with E-state index in [1.54, 1.807) is 0 Å². The molecule has 0 aromatic heterocycles. The molecule has 3 fully saturated rings. The minimum absolute atomic E-state index is 0.243. The lowest BCUT2D eigenvalue weighted by Gasteiger charge is -2.48. The molecule has 0 amide bonds. The highest BCUT2D eigenvalue weighted by Crippen LogP contribution is 2.42. The van der Waals surface area contributed by atoms with Gasteiger partial charge in [-0.05, 0) is 44.9 Å². The molecule has 2 heterocycles. The van der Waals surface area contributed by atoms with Gasteiger partial charge in [0, 0.05) is 41.0 Å². The van der Waals surface area contributed by atoms with Crippen LogP contribution in [0.25, 0.3) is 0 Å². The molecule has 1 atom stereocenters. The molecule has 1 spiro atoms. The normalized spacial score (nSPS) is 41.1. The molecule has 1 unspecified atom stereocenters. The van der Waals surface area contributed by atoms with E-state index in [9.17, 15) is 4.21 Å². The highest BCUT2D eigenvalue weighted by Gasteiger charge is 2.42. The van der Waals surface area contributed by atoms with Gasteiger partial charge in [-0.1, -0.05) is 0 Å². The lowest BCUT2D eigenvalue weighted by atomic mass is 9.74. The third-order valence-corrected chi connectivity index (χ3v) is 6.00. The van der Waals surface area contributed by atoms with E-state index < -0.39 is 10.8 Å². The van der Waals surface area contributed by atoms with E-state index >= 15 is 0 Å². The van der Waals surface area contributed by atoms with E-state index in [2.05, 4.69) is 5.32 Å². The zero-order valence-electron chi connectivity index (χ0n) is 10.5. The van der Waals surface area contributed by atoms with Crippen molar-refractivity contribution >= 4 is 10.8 Å². The number of rotatable bonds is 2. The predicted molar refractivity (Wildman–Crippen MR) is 69.6 cm³/mol. The summed E-state index contributed by atoms with van der Waals surface area (Å²) in [6, 6.07) is 1.24. The van der Waals surface area contributed by atoms with Crippen molar-refractivity contribution in [3.05, 3.63) is 0 Å². The van der Waals surface area contributed by atoms with Crippen LogP contribution in [0.5, 0.6) is 0 Å². The molecule has 4 heteroatoms. The molecule has 17 heavy (non-hydrogen) atoms. The van der Waals surface area contributed by atoms with Crippen molar-refractivity contribution in [2.24, 2.45) is 0 Å². The molecule has 0 aromatic rings. The van der Waals surface area contributed by atoms with E-state index in [1.165, 1.54) is 25.7 Å². The molecular weight excluding hydrogens is 234 g/mol. The van der Waals surface area contributed by atoms with Crippen LogP contribution in [0.3, 0.4) is 0 Å². The van der Waals surface area contributed by atoms with Crippen LogP contribution in [0.15, 0.2) is 0 Å². The van der Waals surface area contributed by atoms with Crippen LogP contribution in [0.2, 0.25) is 0 Å². The first-order chi connectivity index (χ1) is 8.26. The largest absolute Gasteiger partial charge is 0.375 e. The van der Waals surface area contributed by atoms with Crippen LogP contribution >= 0.6 is 0 Å². The van der Waals surface area contributed by atoms with Gasteiger partial charge in [0.2, 0.25) is 0 Å². The van der Waals surface area contributed by atoms with Crippen LogP contribution in [0, 0.1) is 0 Å². The quantitative estimate of drug-likeness (QED) is 0.816. The Labute approximate surface area is 106 Å². The van der Waals surface area contributed by atoms with E-state index in [0.717, 1.165) is 37.4 Å². The Morgan fingerprint density at radius 1 is 1.12 bits per heavy atom. The lowest BCUT2D eigenvalue weighted by Crippen LogP contribution is -2.53. The Morgan fingerprint density at radius 2 is 1.88 bits per heavy atom. The third-order valence-electron chi connectivity index (χ3n) is 4.62. The van der Waals surface area contributed by atoms with Gasteiger partial charge in [-0.3, -0.25) is 4.21 Å². The van der Waals surface area contributed by atoms with Gasteiger partial charge in [0.15, 0.2) is 0 Å². The van der Waals surface area contributed by atoms with Gasteiger partial charge in [0.1, 0.15) is 0 Å². The van der Waals surface area contributed by atoms with E-state index in [4.69, 9.17) is 4.74 Å². The summed E-state index contributed by atoms with van der Waals surface area (Å²) in [5.74, 6) is 1.79. The predicted octanol–water partition coefficient (Wildman–Crippen LogP) is 1.59. The fourth-order valence-corrected chi connectivity index (χ4v) is 4.68. The molecular formula is C13H23NO2S. The first-order valence-corrected chi connectivity index (χ1v) is 8.50. The second kappa shape index (κ2) is 4.98. The molecule has 1 saturated carbocycles. The second-order valence-corrected chi connectivity index (χ2v) is 7.56. The SMILES string of the molecule is O=S1CCC(NC2CCOC3(CCC3)C2)CC1. The minimum atomic E-state index is -0.538. The standard InChI is InChI=1S/C13H23NO2S/c15-17-8-3-11(4-9-17)14-12-2-7-16-13(10-12)5-1-6-13/h11-12,14H,1-10H2. The maximum Gasteiger partial charge on any atom is 0.0697 e. The summed E-state index contributed by atoms with van der Waals surface area (Å²) in [6.45, 7) is 0.927. The van der Waals surface area contributed by atoms with Crippen molar-refractivity contribution in [1.82, 2.24) is 5.32 Å². The first-order valence-electron chi connectivity index (χ1n) is 7.01. The van der Waals surface area contributed by atoms with Gasteiger partial charge in [-0.2, -0.15) is 0 Å². The summed E-state index contributed by atoms with van der Waals surface area (Å²) in [7, 11) is -0.538. The lowest BCUT2D eigenvalue weighted by molar-refractivity contribution is -0.136. The smallest absolute Gasteiger partial charge is 0.0697 e. The van der Waals surface area contributed by atoms with Crippen molar-refractivity contribution in [1.29, 1.82) is 0 Å². The monoisotopic (exact) mass is 257 g/mol. The molecule has 0 radical (unpaired) electrons. The van der Waals surface area contributed by atoms with Crippen LogP contribution < -0.4 is 5.32 Å². The van der Waals surface area contributed by atoms with Gasteiger partial charge in [-0.25, -0.2) is 0 Å². The molecule has 3 nitrogen and oxygen atoms in total. The number of hydrogen-bond donors (Lipinski definition) is 1.